The third-order valence-corrected chi connectivity index (χ3v) is 13.0. The van der Waals surface area contributed by atoms with Crippen LogP contribution in [0.15, 0.2) is 49.3 Å². The van der Waals surface area contributed by atoms with E-state index in [1.165, 1.54) is 28.4 Å². The van der Waals surface area contributed by atoms with Crippen molar-refractivity contribution in [3.63, 3.8) is 0 Å². The molecule has 0 spiro atoms. The maximum absolute atomic E-state index is 14.3. The fourth-order valence-corrected chi connectivity index (χ4v) is 8.93. The van der Waals surface area contributed by atoms with Gasteiger partial charge in [0.25, 0.3) is 15.9 Å². The van der Waals surface area contributed by atoms with Gasteiger partial charge in [0.15, 0.2) is 5.76 Å². The summed E-state index contributed by atoms with van der Waals surface area (Å²) < 4.78 is 74.5. The van der Waals surface area contributed by atoms with Gasteiger partial charge < -0.3 is 24.0 Å². The minimum absolute atomic E-state index is 0.00611. The summed E-state index contributed by atoms with van der Waals surface area (Å²) in [5, 5.41) is 15.6. The normalized spacial score (nSPS) is 21.1. The molecule has 4 rings (SSSR count). The Kier molecular flexibility index (Phi) is 12.1. The second-order valence-corrected chi connectivity index (χ2v) is 16.8. The molecular weight excluding hydrogens is 669 g/mol. The lowest BCUT2D eigenvalue weighted by atomic mass is 10.0. The quantitative estimate of drug-likeness (QED) is 0.327. The van der Waals surface area contributed by atoms with Crippen molar-refractivity contribution in [3.05, 3.63) is 52.7 Å². The fourth-order valence-electron chi connectivity index (χ4n) is 5.42. The van der Waals surface area contributed by atoms with Gasteiger partial charge in [0.2, 0.25) is 10.0 Å². The van der Waals surface area contributed by atoms with Crippen molar-refractivity contribution in [2.24, 2.45) is 5.92 Å². The lowest BCUT2D eigenvalue weighted by molar-refractivity contribution is -0.00835. The van der Waals surface area contributed by atoms with Crippen molar-refractivity contribution in [2.45, 2.75) is 81.2 Å². The minimum atomic E-state index is -3.96. The zero-order valence-electron chi connectivity index (χ0n) is 27.5. The number of carbonyl (C=O) groups excluding carboxylic acids is 1. The van der Waals surface area contributed by atoms with Gasteiger partial charge in [0, 0.05) is 38.3 Å². The second-order valence-electron chi connectivity index (χ2n) is 12.0. The highest BCUT2D eigenvalue weighted by atomic mass is 32.2. The number of thiophene rings is 1. The van der Waals surface area contributed by atoms with E-state index in [9.17, 15) is 26.7 Å². The summed E-state index contributed by atoms with van der Waals surface area (Å²) in [5.74, 6) is -0.387. The second kappa shape index (κ2) is 15.5. The van der Waals surface area contributed by atoms with Gasteiger partial charge in [-0.1, -0.05) is 18.1 Å². The number of anilines is 1. The van der Waals surface area contributed by atoms with Crippen LogP contribution in [0.1, 0.15) is 61.8 Å². The molecule has 1 aliphatic rings. The maximum Gasteiger partial charge on any atom is 0.271 e. The zero-order chi connectivity index (χ0) is 34.5. The number of hydrogen-bond donors (Lipinski definition) is 2. The number of aliphatic hydroxyl groups is 1. The predicted octanol–water partition coefficient (Wildman–Crippen LogP) is 4.27. The van der Waals surface area contributed by atoms with E-state index in [1.54, 1.807) is 44.4 Å². The number of likely N-dealkylation sites (N-methyl/N-ethyl adjacent to an activating group) is 1. The molecule has 0 saturated carbocycles. The van der Waals surface area contributed by atoms with Crippen molar-refractivity contribution in [1.82, 2.24) is 14.4 Å². The summed E-state index contributed by atoms with van der Waals surface area (Å²) in [6.07, 6.45) is 1.22. The van der Waals surface area contributed by atoms with Gasteiger partial charge in [0.05, 0.1) is 30.4 Å². The molecule has 0 radical (unpaired) electrons. The lowest BCUT2D eigenvalue weighted by Crippen LogP contribution is -2.48. The number of amides is 1. The monoisotopic (exact) mass is 712 g/mol. The summed E-state index contributed by atoms with van der Waals surface area (Å²) in [7, 11) is -6.38. The van der Waals surface area contributed by atoms with E-state index in [4.69, 9.17) is 14.0 Å². The lowest BCUT2D eigenvalue weighted by Gasteiger charge is -2.35. The molecule has 16 heteroatoms. The van der Waals surface area contributed by atoms with Crippen LogP contribution in [0.5, 0.6) is 5.75 Å². The van der Waals surface area contributed by atoms with E-state index in [2.05, 4.69) is 9.88 Å². The van der Waals surface area contributed by atoms with Gasteiger partial charge in [-0.05, 0) is 76.6 Å². The number of ether oxygens (including phenoxy) is 2. The first-order chi connectivity index (χ1) is 22.1. The molecule has 0 saturated heterocycles. The maximum atomic E-state index is 14.3. The average Bonchev–Trinajstić information content (AvgIpc) is 3.69. The van der Waals surface area contributed by atoms with Crippen LogP contribution in [-0.4, -0.2) is 93.8 Å². The molecule has 47 heavy (non-hydrogen) atoms. The molecule has 4 atom stereocenters. The van der Waals surface area contributed by atoms with Gasteiger partial charge in [-0.2, -0.15) is 4.31 Å². The van der Waals surface area contributed by atoms with Crippen LogP contribution in [-0.2, 0) is 24.8 Å². The SMILES string of the molecule is Cc1noc(C)c1S(=O)(=O)N(C)C[C@@H]1OCCCC[C@@H](C)Oc2ccc(NS(=O)(=O)c3cccs3)cc2C(=O)N([C@H](C)CO)C[C@H]1C. The summed E-state index contributed by atoms with van der Waals surface area (Å²) in [4.78, 5) is 15.8. The first kappa shape index (κ1) is 36.8. The number of nitrogens with one attached hydrogen (secondary N) is 1. The van der Waals surface area contributed by atoms with E-state index in [0.717, 1.165) is 17.8 Å². The van der Waals surface area contributed by atoms with Crippen LogP contribution in [0.4, 0.5) is 5.69 Å². The van der Waals surface area contributed by atoms with Gasteiger partial charge in [-0.3, -0.25) is 9.52 Å². The molecule has 1 aliphatic heterocycles. The molecular formula is C31H44N4O9S3. The summed E-state index contributed by atoms with van der Waals surface area (Å²) >= 11 is 1.07. The Balaban J connectivity index is 1.68. The molecule has 13 nitrogen and oxygen atoms in total. The Bertz CT molecular complexity index is 1710. The largest absolute Gasteiger partial charge is 0.490 e. The Morgan fingerprint density at radius 3 is 2.55 bits per heavy atom. The molecule has 2 N–H and O–H groups in total. The first-order valence-corrected chi connectivity index (χ1v) is 19.3. The average molecular weight is 713 g/mol. The summed E-state index contributed by atoms with van der Waals surface area (Å²) in [6, 6.07) is 7.06. The Labute approximate surface area is 280 Å². The Morgan fingerprint density at radius 2 is 1.91 bits per heavy atom. The number of nitrogens with zero attached hydrogens (tertiary/aromatic N) is 3. The number of sulfonamides is 2. The number of aliphatic hydroxyl groups excluding tert-OH is 1. The highest BCUT2D eigenvalue weighted by Crippen LogP contribution is 2.30. The molecule has 260 valence electrons. The molecule has 0 aliphatic carbocycles. The van der Waals surface area contributed by atoms with Crippen molar-refractivity contribution in [2.75, 3.05) is 38.1 Å². The molecule has 3 heterocycles. The van der Waals surface area contributed by atoms with E-state index in [0.29, 0.717) is 25.2 Å². The molecule has 0 bridgehead atoms. The number of rotatable bonds is 9. The topological polar surface area (TPSA) is 169 Å². The summed E-state index contributed by atoms with van der Waals surface area (Å²) in [6.45, 7) is 8.68. The predicted molar refractivity (Wildman–Crippen MR) is 178 cm³/mol. The highest BCUT2D eigenvalue weighted by Gasteiger charge is 2.34. The van der Waals surface area contributed by atoms with E-state index in [1.807, 2.05) is 13.8 Å². The molecule has 3 aromatic rings. The number of carbonyl (C=O) groups is 1. The van der Waals surface area contributed by atoms with E-state index < -0.39 is 38.1 Å². The van der Waals surface area contributed by atoms with Crippen LogP contribution in [0, 0.1) is 19.8 Å². The Hall–Kier alpha value is -3.02. The van der Waals surface area contributed by atoms with Crippen LogP contribution >= 0.6 is 11.3 Å². The number of hydrogen-bond acceptors (Lipinski definition) is 11. The number of aromatic nitrogens is 1. The smallest absolute Gasteiger partial charge is 0.271 e. The van der Waals surface area contributed by atoms with Crippen molar-refractivity contribution in [3.8, 4) is 5.75 Å². The van der Waals surface area contributed by atoms with Crippen LogP contribution < -0.4 is 9.46 Å². The standard InChI is InChI=1S/C31H44N4O9S3/c1-20-17-35(21(2)19-36)31(37)26-16-25(33-46(38,39)29-11-9-15-45-29)12-13-27(26)43-22(3)10-7-8-14-42-28(20)18-34(6)47(40,41)30-23(4)32-44-24(30)5/h9,11-13,15-16,20-22,28,33,36H,7-8,10,14,17-19H2,1-6H3/t20-,21-,22-,28+/m1/s1. The van der Waals surface area contributed by atoms with Crippen LogP contribution in [0.2, 0.25) is 0 Å². The molecule has 1 aromatic carbocycles. The Morgan fingerprint density at radius 1 is 1.17 bits per heavy atom. The molecule has 2 aromatic heterocycles. The number of fused-ring (bicyclic) bond motifs is 1. The van der Waals surface area contributed by atoms with Gasteiger partial charge >= 0.3 is 0 Å². The van der Waals surface area contributed by atoms with E-state index >= 15 is 0 Å². The molecule has 0 unspecified atom stereocenters. The van der Waals surface area contributed by atoms with Crippen molar-refractivity contribution in [1.29, 1.82) is 0 Å². The third kappa shape index (κ3) is 8.72. The van der Waals surface area contributed by atoms with Crippen LogP contribution in [0.25, 0.3) is 0 Å². The fraction of sp³-hybridized carbons (Fsp3) is 0.548. The molecule has 0 fully saturated rings. The highest BCUT2D eigenvalue weighted by molar-refractivity contribution is 7.94. The minimum Gasteiger partial charge on any atom is -0.490 e. The van der Waals surface area contributed by atoms with Gasteiger partial charge in [-0.15, -0.1) is 11.3 Å². The van der Waals surface area contributed by atoms with Crippen LogP contribution in [0.3, 0.4) is 0 Å². The number of aryl methyl sites for hydroxylation is 2. The zero-order valence-corrected chi connectivity index (χ0v) is 30.0. The summed E-state index contributed by atoms with van der Waals surface area (Å²) in [5.41, 5.74) is 0.568. The molecule has 1 amide bonds. The van der Waals surface area contributed by atoms with Gasteiger partial charge in [-0.25, -0.2) is 16.8 Å². The number of benzene rings is 1. The van der Waals surface area contributed by atoms with Crippen molar-refractivity contribution >= 4 is 43.0 Å². The first-order valence-electron chi connectivity index (χ1n) is 15.4. The van der Waals surface area contributed by atoms with Crippen molar-refractivity contribution < 1.29 is 40.7 Å². The van der Waals surface area contributed by atoms with Gasteiger partial charge in [0.1, 0.15) is 20.5 Å². The third-order valence-electron chi connectivity index (χ3n) is 8.14. The van der Waals surface area contributed by atoms with E-state index in [-0.39, 0.29) is 63.5 Å².